The predicted octanol–water partition coefficient (Wildman–Crippen LogP) is 17.9. The molecule has 0 bridgehead atoms. The SMILES string of the molecule is c1ccc(-c2cc(-c3ccccc3)n(-c3ccc4c(-c5cccc6ccccc56)c5cc(-n6cc(-c7ccccc7)cc6-c6ccccc6)ccc5c(-c5cccc6ccccc56)c4c3)c2)cc1. The van der Waals surface area contributed by atoms with Crippen LogP contribution < -0.4 is 0 Å². The van der Waals surface area contributed by atoms with Gasteiger partial charge >= 0.3 is 0 Å². The molecule has 0 radical (unpaired) electrons. The van der Waals surface area contributed by atoms with Crippen LogP contribution >= 0.6 is 0 Å². The summed E-state index contributed by atoms with van der Waals surface area (Å²) in [5.74, 6) is 0. The summed E-state index contributed by atoms with van der Waals surface area (Å²) < 4.78 is 4.77. The van der Waals surface area contributed by atoms with Gasteiger partial charge < -0.3 is 9.13 Å². The van der Waals surface area contributed by atoms with Gasteiger partial charge in [-0.15, -0.1) is 0 Å². The van der Waals surface area contributed by atoms with E-state index in [1.165, 1.54) is 98.7 Å². The zero-order valence-corrected chi connectivity index (χ0v) is 37.3. The Labute approximate surface area is 395 Å². The average Bonchev–Trinajstić information content (AvgIpc) is 4.08. The lowest BCUT2D eigenvalue weighted by molar-refractivity contribution is 1.09. The Morgan fingerprint density at radius 1 is 0.221 bits per heavy atom. The topological polar surface area (TPSA) is 9.86 Å². The molecular weight excluding hydrogens is 821 g/mol. The Morgan fingerprint density at radius 2 is 0.574 bits per heavy atom. The van der Waals surface area contributed by atoms with Gasteiger partial charge in [-0.25, -0.2) is 0 Å². The molecule has 0 aliphatic rings. The Balaban J connectivity index is 1.15. The molecule has 0 spiro atoms. The van der Waals surface area contributed by atoms with Crippen molar-refractivity contribution >= 4 is 43.1 Å². The van der Waals surface area contributed by atoms with E-state index < -0.39 is 0 Å². The van der Waals surface area contributed by atoms with Crippen LogP contribution in [0.5, 0.6) is 0 Å². The molecule has 0 unspecified atom stereocenters. The number of nitrogens with zero attached hydrogens (tertiary/aromatic N) is 2. The van der Waals surface area contributed by atoms with Crippen molar-refractivity contribution in [1.29, 1.82) is 0 Å². The van der Waals surface area contributed by atoms with Gasteiger partial charge in [0.2, 0.25) is 0 Å². The summed E-state index contributed by atoms with van der Waals surface area (Å²) in [5, 5.41) is 9.70. The van der Waals surface area contributed by atoms with Gasteiger partial charge in [-0.05, 0) is 124 Å². The monoisotopic (exact) mass is 864 g/mol. The molecule has 0 fully saturated rings. The van der Waals surface area contributed by atoms with Gasteiger partial charge in [-0.1, -0.05) is 218 Å². The van der Waals surface area contributed by atoms with E-state index in [0.717, 1.165) is 22.8 Å². The fourth-order valence-electron chi connectivity index (χ4n) is 10.6. The molecule has 68 heavy (non-hydrogen) atoms. The van der Waals surface area contributed by atoms with Crippen molar-refractivity contribution in [1.82, 2.24) is 9.13 Å². The van der Waals surface area contributed by atoms with Gasteiger partial charge in [0.25, 0.3) is 0 Å². The van der Waals surface area contributed by atoms with Crippen molar-refractivity contribution in [2.75, 3.05) is 0 Å². The Bertz CT molecular complexity index is 3720. The highest BCUT2D eigenvalue weighted by Crippen LogP contribution is 2.48. The van der Waals surface area contributed by atoms with E-state index in [1.54, 1.807) is 0 Å². The number of aromatic nitrogens is 2. The smallest absolute Gasteiger partial charge is 0.0534 e. The number of hydrogen-bond donors (Lipinski definition) is 0. The second-order valence-corrected chi connectivity index (χ2v) is 17.7. The molecule has 0 saturated carbocycles. The van der Waals surface area contributed by atoms with Crippen LogP contribution in [-0.4, -0.2) is 9.13 Å². The van der Waals surface area contributed by atoms with Gasteiger partial charge in [0.05, 0.1) is 11.4 Å². The summed E-state index contributed by atoms with van der Waals surface area (Å²) in [7, 11) is 0. The standard InChI is InChI=1S/C66H44N2/c1-5-19-45(20-6-1)51-39-63(49-25-9-3-10-26-49)67(43-51)53-35-37-59-61(41-53)65(57-33-17-29-47-23-13-15-31-55(47)57)60-38-36-54(42-62(60)66(59)58-34-18-30-48-24-14-16-32-56(48)58)68-44-52(46-21-7-2-8-22-46)40-64(68)50-27-11-4-12-28-50/h1-44H. The van der Waals surface area contributed by atoms with Crippen molar-refractivity contribution in [3.63, 3.8) is 0 Å². The molecule has 0 atom stereocenters. The van der Waals surface area contributed by atoms with Gasteiger partial charge in [-0.3, -0.25) is 0 Å². The Kier molecular flexibility index (Phi) is 9.54. The first kappa shape index (κ1) is 39.4. The molecule has 0 saturated heterocycles. The summed E-state index contributed by atoms with van der Waals surface area (Å²) in [6.45, 7) is 0. The van der Waals surface area contributed by atoms with E-state index >= 15 is 0 Å². The van der Waals surface area contributed by atoms with Gasteiger partial charge in [0.1, 0.15) is 0 Å². The average molecular weight is 865 g/mol. The highest BCUT2D eigenvalue weighted by Gasteiger charge is 2.23. The maximum atomic E-state index is 2.45. The third kappa shape index (κ3) is 6.73. The van der Waals surface area contributed by atoms with E-state index in [1.807, 2.05) is 0 Å². The molecule has 318 valence electrons. The maximum absolute atomic E-state index is 2.45. The van der Waals surface area contributed by atoms with E-state index in [4.69, 9.17) is 0 Å². The molecule has 13 rings (SSSR count). The molecule has 11 aromatic carbocycles. The van der Waals surface area contributed by atoms with Crippen LogP contribution in [0.1, 0.15) is 0 Å². The Hall–Kier alpha value is -8.98. The van der Waals surface area contributed by atoms with Crippen molar-refractivity contribution < 1.29 is 0 Å². The van der Waals surface area contributed by atoms with Gasteiger partial charge in [-0.2, -0.15) is 0 Å². The van der Waals surface area contributed by atoms with Gasteiger partial charge in [0.15, 0.2) is 0 Å². The van der Waals surface area contributed by atoms with E-state index in [9.17, 15) is 0 Å². The lowest BCUT2D eigenvalue weighted by Gasteiger charge is -2.22. The van der Waals surface area contributed by atoms with Crippen molar-refractivity contribution in [2.24, 2.45) is 0 Å². The van der Waals surface area contributed by atoms with Crippen LogP contribution in [0.3, 0.4) is 0 Å². The summed E-state index contributed by atoms with van der Waals surface area (Å²) in [6, 6.07) is 93.1. The predicted molar refractivity (Wildman–Crippen MR) is 288 cm³/mol. The van der Waals surface area contributed by atoms with Crippen molar-refractivity contribution in [3.8, 4) is 78.4 Å². The maximum Gasteiger partial charge on any atom is 0.0534 e. The lowest BCUT2D eigenvalue weighted by Crippen LogP contribution is -1.99. The minimum Gasteiger partial charge on any atom is -0.316 e. The molecule has 0 amide bonds. The zero-order chi connectivity index (χ0) is 45.0. The quantitative estimate of drug-likeness (QED) is 0.135. The molecule has 0 aliphatic carbocycles. The minimum atomic E-state index is 1.10. The summed E-state index contributed by atoms with van der Waals surface area (Å²) in [5.41, 5.74) is 16.4. The first-order valence-electron chi connectivity index (χ1n) is 23.4. The van der Waals surface area contributed by atoms with Crippen molar-refractivity contribution in [3.05, 3.63) is 267 Å². The molecule has 2 heteroatoms. The first-order chi connectivity index (χ1) is 33.7. The number of rotatable bonds is 8. The molecule has 0 N–H and O–H groups in total. The van der Waals surface area contributed by atoms with Crippen LogP contribution in [0.15, 0.2) is 267 Å². The molecule has 2 nitrogen and oxygen atoms in total. The van der Waals surface area contributed by atoms with Crippen molar-refractivity contribution in [2.45, 2.75) is 0 Å². The fraction of sp³-hybridized carbons (Fsp3) is 0. The fourth-order valence-corrected chi connectivity index (χ4v) is 10.6. The van der Waals surface area contributed by atoms with E-state index in [-0.39, 0.29) is 0 Å². The lowest BCUT2D eigenvalue weighted by atomic mass is 9.83. The van der Waals surface area contributed by atoms with Crippen LogP contribution in [0.2, 0.25) is 0 Å². The number of hydrogen-bond acceptors (Lipinski definition) is 0. The highest BCUT2D eigenvalue weighted by molar-refractivity contribution is 6.25. The van der Waals surface area contributed by atoms with Gasteiger partial charge in [0, 0.05) is 34.9 Å². The second kappa shape index (κ2) is 16.5. The highest BCUT2D eigenvalue weighted by atomic mass is 15.0. The third-order valence-electron chi connectivity index (χ3n) is 13.8. The molecule has 0 aliphatic heterocycles. The zero-order valence-electron chi connectivity index (χ0n) is 37.3. The molecular formula is C66H44N2. The van der Waals surface area contributed by atoms with Crippen LogP contribution in [0.4, 0.5) is 0 Å². The summed E-state index contributed by atoms with van der Waals surface area (Å²) in [6.07, 6.45) is 4.61. The number of benzene rings is 11. The Morgan fingerprint density at radius 3 is 0.985 bits per heavy atom. The largest absolute Gasteiger partial charge is 0.316 e. The molecule has 2 heterocycles. The summed E-state index contributed by atoms with van der Waals surface area (Å²) in [4.78, 5) is 0. The molecule has 2 aromatic heterocycles. The third-order valence-corrected chi connectivity index (χ3v) is 13.8. The van der Waals surface area contributed by atoms with Crippen LogP contribution in [0, 0.1) is 0 Å². The first-order valence-corrected chi connectivity index (χ1v) is 23.4. The minimum absolute atomic E-state index is 1.10. The van der Waals surface area contributed by atoms with E-state index in [0.29, 0.717) is 0 Å². The van der Waals surface area contributed by atoms with Crippen LogP contribution in [-0.2, 0) is 0 Å². The van der Waals surface area contributed by atoms with Crippen LogP contribution in [0.25, 0.3) is 121 Å². The summed E-state index contributed by atoms with van der Waals surface area (Å²) >= 11 is 0. The normalized spacial score (nSPS) is 11.5. The van der Waals surface area contributed by atoms with E-state index in [2.05, 4.69) is 276 Å². The second-order valence-electron chi connectivity index (χ2n) is 17.7. The number of fused-ring (bicyclic) bond motifs is 4. The molecule has 13 aromatic rings.